The summed E-state index contributed by atoms with van der Waals surface area (Å²) in [6, 6.07) is 14.5. The molecule has 2 amide bonds. The first-order valence-corrected chi connectivity index (χ1v) is 9.55. The van der Waals surface area contributed by atoms with Gasteiger partial charge in [0, 0.05) is 50.9 Å². The van der Waals surface area contributed by atoms with E-state index >= 15 is 0 Å². The zero-order valence-electron chi connectivity index (χ0n) is 15.6. The summed E-state index contributed by atoms with van der Waals surface area (Å²) in [6.45, 7) is 2.51. The summed E-state index contributed by atoms with van der Waals surface area (Å²) in [5, 5.41) is 2.98. The fourth-order valence-electron chi connectivity index (χ4n) is 4.17. The van der Waals surface area contributed by atoms with Crippen molar-refractivity contribution in [1.29, 1.82) is 0 Å². The second kappa shape index (κ2) is 8.06. The number of carbonyl (C=O) groups excluding carboxylic acids is 1. The van der Waals surface area contributed by atoms with Crippen LogP contribution in [-0.4, -0.2) is 59.7 Å². The van der Waals surface area contributed by atoms with Gasteiger partial charge in [-0.05, 0) is 42.7 Å². The zero-order valence-corrected chi connectivity index (χ0v) is 15.6. The Balaban J connectivity index is 1.34. The number of likely N-dealkylation sites (tertiary alicyclic amines) is 2. The van der Waals surface area contributed by atoms with Crippen LogP contribution in [0.4, 0.5) is 10.5 Å². The van der Waals surface area contributed by atoms with Gasteiger partial charge in [-0.25, -0.2) is 4.79 Å². The Labute approximate surface area is 160 Å². The van der Waals surface area contributed by atoms with Gasteiger partial charge in [-0.3, -0.25) is 9.88 Å². The normalized spacial score (nSPS) is 23.7. The topological polar surface area (TPSA) is 57.7 Å². The van der Waals surface area contributed by atoms with Crippen LogP contribution in [0.3, 0.4) is 0 Å². The molecule has 0 saturated carbocycles. The second-order valence-corrected chi connectivity index (χ2v) is 7.21. The van der Waals surface area contributed by atoms with Crippen molar-refractivity contribution in [2.24, 2.45) is 0 Å². The minimum Gasteiger partial charge on any atom is -0.378 e. The lowest BCUT2D eigenvalue weighted by Crippen LogP contribution is -2.60. The number of nitrogens with zero attached hydrogens (tertiary/aromatic N) is 3. The number of benzene rings is 1. The van der Waals surface area contributed by atoms with Gasteiger partial charge >= 0.3 is 6.03 Å². The molecule has 0 spiro atoms. The lowest BCUT2D eigenvalue weighted by Gasteiger charge is -2.53. The minimum atomic E-state index is -0.0105. The molecule has 27 heavy (non-hydrogen) atoms. The van der Waals surface area contributed by atoms with Gasteiger partial charge in [0.2, 0.25) is 0 Å². The molecule has 2 aliphatic heterocycles. The number of ether oxygens (including phenoxy) is 1. The van der Waals surface area contributed by atoms with Crippen molar-refractivity contribution in [3.05, 3.63) is 60.4 Å². The number of hydrogen-bond acceptors (Lipinski definition) is 4. The maximum absolute atomic E-state index is 12.5. The molecule has 2 fully saturated rings. The number of hydrogen-bond donors (Lipinski definition) is 1. The highest BCUT2D eigenvalue weighted by Crippen LogP contribution is 2.39. The van der Waals surface area contributed by atoms with Crippen LogP contribution in [0.1, 0.15) is 24.4 Å². The van der Waals surface area contributed by atoms with Crippen molar-refractivity contribution in [2.45, 2.75) is 31.0 Å². The van der Waals surface area contributed by atoms with E-state index in [2.05, 4.69) is 27.3 Å². The Morgan fingerprint density at radius 1 is 1.11 bits per heavy atom. The first-order valence-electron chi connectivity index (χ1n) is 9.55. The minimum absolute atomic E-state index is 0.0105. The Hall–Kier alpha value is -2.44. The summed E-state index contributed by atoms with van der Waals surface area (Å²) < 4.78 is 5.66. The predicted molar refractivity (Wildman–Crippen MR) is 105 cm³/mol. The molecular formula is C21H26N4O2. The van der Waals surface area contributed by atoms with Gasteiger partial charge in [-0.2, -0.15) is 0 Å². The molecule has 1 aromatic carbocycles. The molecule has 6 nitrogen and oxygen atoms in total. The lowest BCUT2D eigenvalue weighted by atomic mass is 9.87. The molecule has 1 aromatic heterocycles. The number of anilines is 1. The molecule has 4 rings (SSSR count). The molecule has 2 atom stereocenters. The van der Waals surface area contributed by atoms with Crippen molar-refractivity contribution < 1.29 is 9.53 Å². The maximum Gasteiger partial charge on any atom is 0.321 e. The van der Waals surface area contributed by atoms with Crippen molar-refractivity contribution >= 4 is 11.7 Å². The SMILES string of the molecule is CO[C@H]1CN(C2CCN(C(=O)Nc3ccccc3)CC2)[C@H]1c1ccncc1. The van der Waals surface area contributed by atoms with E-state index in [4.69, 9.17) is 4.74 Å². The highest BCUT2D eigenvalue weighted by atomic mass is 16.5. The molecule has 2 saturated heterocycles. The molecule has 0 unspecified atom stereocenters. The number of amides is 2. The Morgan fingerprint density at radius 2 is 1.81 bits per heavy atom. The summed E-state index contributed by atoms with van der Waals surface area (Å²) >= 11 is 0. The predicted octanol–water partition coefficient (Wildman–Crippen LogP) is 3.15. The lowest BCUT2D eigenvalue weighted by molar-refractivity contribution is -0.115. The summed E-state index contributed by atoms with van der Waals surface area (Å²) in [5.41, 5.74) is 2.10. The van der Waals surface area contributed by atoms with Crippen LogP contribution in [0.25, 0.3) is 0 Å². The van der Waals surface area contributed by atoms with E-state index in [1.165, 1.54) is 5.56 Å². The van der Waals surface area contributed by atoms with Crippen LogP contribution in [0.5, 0.6) is 0 Å². The molecule has 1 N–H and O–H groups in total. The monoisotopic (exact) mass is 366 g/mol. The van der Waals surface area contributed by atoms with E-state index in [9.17, 15) is 4.79 Å². The first-order chi connectivity index (χ1) is 13.3. The van der Waals surface area contributed by atoms with Gasteiger partial charge in [-0.15, -0.1) is 0 Å². The van der Waals surface area contributed by atoms with E-state index in [0.29, 0.717) is 6.04 Å². The number of aromatic nitrogens is 1. The molecule has 2 aromatic rings. The smallest absolute Gasteiger partial charge is 0.321 e. The van der Waals surface area contributed by atoms with Crippen molar-refractivity contribution in [3.8, 4) is 0 Å². The molecule has 0 radical (unpaired) electrons. The molecule has 142 valence electrons. The fraction of sp³-hybridized carbons (Fsp3) is 0.429. The first kappa shape index (κ1) is 17.9. The van der Waals surface area contributed by atoms with Gasteiger partial charge in [0.15, 0.2) is 0 Å². The zero-order chi connectivity index (χ0) is 18.6. The number of para-hydroxylation sites is 1. The largest absolute Gasteiger partial charge is 0.378 e. The van der Waals surface area contributed by atoms with E-state index in [1.54, 1.807) is 7.11 Å². The van der Waals surface area contributed by atoms with E-state index in [0.717, 1.165) is 38.2 Å². The number of piperidine rings is 1. The van der Waals surface area contributed by atoms with Crippen LogP contribution in [0.2, 0.25) is 0 Å². The number of pyridine rings is 1. The number of urea groups is 1. The highest BCUT2D eigenvalue weighted by Gasteiger charge is 2.44. The van der Waals surface area contributed by atoms with Crippen LogP contribution in [-0.2, 0) is 4.74 Å². The van der Waals surface area contributed by atoms with E-state index < -0.39 is 0 Å². The molecule has 0 aliphatic carbocycles. The average molecular weight is 366 g/mol. The maximum atomic E-state index is 12.5. The Bertz CT molecular complexity index is 747. The van der Waals surface area contributed by atoms with Crippen LogP contribution in [0, 0.1) is 0 Å². The highest BCUT2D eigenvalue weighted by molar-refractivity contribution is 5.89. The summed E-state index contributed by atoms with van der Waals surface area (Å²) in [4.78, 5) is 21.1. The Morgan fingerprint density at radius 3 is 2.48 bits per heavy atom. The van der Waals surface area contributed by atoms with Crippen LogP contribution >= 0.6 is 0 Å². The third kappa shape index (κ3) is 3.82. The summed E-state index contributed by atoms with van der Waals surface area (Å²) in [5.74, 6) is 0. The molecular weight excluding hydrogens is 340 g/mol. The van der Waals surface area contributed by atoms with Gasteiger partial charge in [-0.1, -0.05) is 18.2 Å². The van der Waals surface area contributed by atoms with Gasteiger partial charge in [0.1, 0.15) is 0 Å². The van der Waals surface area contributed by atoms with Gasteiger partial charge in [0.25, 0.3) is 0 Å². The third-order valence-corrected chi connectivity index (χ3v) is 5.70. The molecule has 0 bridgehead atoms. The van der Waals surface area contributed by atoms with Gasteiger partial charge in [0.05, 0.1) is 12.1 Å². The van der Waals surface area contributed by atoms with Crippen LogP contribution in [0.15, 0.2) is 54.9 Å². The Kier molecular flexibility index (Phi) is 5.36. The number of nitrogens with one attached hydrogen (secondary N) is 1. The van der Waals surface area contributed by atoms with E-state index in [-0.39, 0.29) is 18.2 Å². The second-order valence-electron chi connectivity index (χ2n) is 7.21. The number of rotatable bonds is 4. The summed E-state index contributed by atoms with van der Waals surface area (Å²) in [6.07, 6.45) is 5.89. The van der Waals surface area contributed by atoms with Crippen LogP contribution < -0.4 is 5.32 Å². The van der Waals surface area contributed by atoms with Gasteiger partial charge < -0.3 is 15.0 Å². The molecule has 2 aliphatic rings. The standard InChI is InChI=1S/C21H26N4O2/c1-27-19-15-25(20(19)16-7-11-22-12-8-16)18-9-13-24(14-10-18)21(26)23-17-5-3-2-4-6-17/h2-8,11-12,18-20H,9-10,13-15H2,1H3,(H,23,26)/t19-,20-/m0/s1. The average Bonchev–Trinajstić information content (AvgIpc) is 2.70. The number of carbonyl (C=O) groups is 1. The summed E-state index contributed by atoms with van der Waals surface area (Å²) in [7, 11) is 1.78. The van der Waals surface area contributed by atoms with Crippen molar-refractivity contribution in [3.63, 3.8) is 0 Å². The number of methoxy groups -OCH3 is 1. The molecule has 6 heteroatoms. The quantitative estimate of drug-likeness (QED) is 0.903. The third-order valence-electron chi connectivity index (χ3n) is 5.70. The van der Waals surface area contributed by atoms with E-state index in [1.807, 2.05) is 47.6 Å². The van der Waals surface area contributed by atoms with Crippen molar-refractivity contribution in [2.75, 3.05) is 32.1 Å². The van der Waals surface area contributed by atoms with Crippen molar-refractivity contribution in [1.82, 2.24) is 14.8 Å². The fourth-order valence-corrected chi connectivity index (χ4v) is 4.17. The molecule has 3 heterocycles.